The molecular weight excluding hydrogens is 508 g/mol. The molecule has 2 aromatic rings. The van der Waals surface area contributed by atoms with Crippen molar-refractivity contribution in [2.24, 2.45) is 0 Å². The zero-order valence-electron chi connectivity index (χ0n) is 18.6. The molecule has 1 saturated heterocycles. The zero-order valence-corrected chi connectivity index (χ0v) is 21.0. The van der Waals surface area contributed by atoms with Crippen molar-refractivity contribution in [1.82, 2.24) is 4.90 Å². The van der Waals surface area contributed by atoms with E-state index >= 15 is 0 Å². The van der Waals surface area contributed by atoms with E-state index in [4.69, 9.17) is 9.47 Å². The van der Waals surface area contributed by atoms with Crippen LogP contribution in [0.3, 0.4) is 0 Å². The second-order valence-corrected chi connectivity index (χ2v) is 9.21. The first-order valence-corrected chi connectivity index (χ1v) is 12.2. The average Bonchev–Trinajstić information content (AvgIpc) is 3.04. The summed E-state index contributed by atoms with van der Waals surface area (Å²) in [5.74, 6) is 0.237. The van der Waals surface area contributed by atoms with Crippen molar-refractivity contribution in [2.45, 2.75) is 33.3 Å². The summed E-state index contributed by atoms with van der Waals surface area (Å²) in [6, 6.07) is 12.4. The van der Waals surface area contributed by atoms with Crippen molar-refractivity contribution in [3.63, 3.8) is 0 Å². The molecule has 0 bridgehead atoms. The lowest BCUT2D eigenvalue weighted by Gasteiger charge is -2.16. The number of nitrogens with one attached hydrogen (secondary N) is 1. The molecule has 1 fully saturated rings. The summed E-state index contributed by atoms with van der Waals surface area (Å²) in [6.07, 6.45) is 2.51. The molecule has 1 aliphatic heterocycles. The number of carbonyl (C=O) groups excluding carboxylic acids is 3. The molecule has 0 radical (unpaired) electrons. The molecule has 3 amide bonds. The van der Waals surface area contributed by atoms with Crippen molar-refractivity contribution < 1.29 is 23.9 Å². The third-order valence-corrected chi connectivity index (χ3v) is 6.21. The summed E-state index contributed by atoms with van der Waals surface area (Å²) in [5.41, 5.74) is 1.27. The topological polar surface area (TPSA) is 84.9 Å². The standard InChI is InChI=1S/C24H25BrN2O5S/c1-4-15(3)32-19-11-6-16(12-20(19)31-5-2)13-21-23(29)27(24(30)33-21)14-22(28)26-18-9-7-17(25)8-10-18/h6-13,15H,4-5,14H2,1-3H3,(H,26,28)/b21-13+/t15-/m1/s1. The Hall–Kier alpha value is -2.78. The lowest BCUT2D eigenvalue weighted by Crippen LogP contribution is -2.36. The van der Waals surface area contributed by atoms with Gasteiger partial charge in [-0.1, -0.05) is 28.9 Å². The minimum Gasteiger partial charge on any atom is -0.490 e. The van der Waals surface area contributed by atoms with Crippen LogP contribution in [0.4, 0.5) is 10.5 Å². The average molecular weight is 533 g/mol. The molecule has 2 aromatic carbocycles. The van der Waals surface area contributed by atoms with Crippen LogP contribution in [0.1, 0.15) is 32.8 Å². The Morgan fingerprint density at radius 3 is 2.55 bits per heavy atom. The molecule has 3 rings (SSSR count). The summed E-state index contributed by atoms with van der Waals surface area (Å²) in [4.78, 5) is 38.7. The van der Waals surface area contributed by atoms with Crippen molar-refractivity contribution in [3.8, 4) is 11.5 Å². The van der Waals surface area contributed by atoms with E-state index < -0.39 is 17.1 Å². The number of ether oxygens (including phenoxy) is 2. The van der Waals surface area contributed by atoms with Crippen LogP contribution in [-0.2, 0) is 9.59 Å². The summed E-state index contributed by atoms with van der Waals surface area (Å²) in [7, 11) is 0. The molecule has 33 heavy (non-hydrogen) atoms. The Labute approximate surface area is 205 Å². The number of carbonyl (C=O) groups is 3. The van der Waals surface area contributed by atoms with Crippen LogP contribution >= 0.6 is 27.7 Å². The smallest absolute Gasteiger partial charge is 0.294 e. The van der Waals surface area contributed by atoms with E-state index in [2.05, 4.69) is 21.2 Å². The van der Waals surface area contributed by atoms with E-state index in [1.165, 1.54) is 0 Å². The fourth-order valence-corrected chi connectivity index (χ4v) is 4.05. The van der Waals surface area contributed by atoms with Crippen molar-refractivity contribution >= 4 is 56.5 Å². The van der Waals surface area contributed by atoms with Crippen molar-refractivity contribution in [3.05, 3.63) is 57.4 Å². The van der Waals surface area contributed by atoms with Crippen LogP contribution in [0.25, 0.3) is 6.08 Å². The van der Waals surface area contributed by atoms with Gasteiger partial charge in [-0.05, 0) is 80.1 Å². The summed E-state index contributed by atoms with van der Waals surface area (Å²) in [5, 5.41) is 2.20. The number of amides is 3. The Balaban J connectivity index is 1.72. The minimum absolute atomic E-state index is 0.0371. The highest BCUT2D eigenvalue weighted by Crippen LogP contribution is 2.35. The maximum atomic E-state index is 12.8. The lowest BCUT2D eigenvalue weighted by molar-refractivity contribution is -0.127. The van der Waals surface area contributed by atoms with E-state index in [-0.39, 0.29) is 17.6 Å². The maximum Gasteiger partial charge on any atom is 0.294 e. The number of hydrogen-bond acceptors (Lipinski definition) is 6. The molecule has 1 heterocycles. The number of hydrogen-bond donors (Lipinski definition) is 1. The van der Waals surface area contributed by atoms with Gasteiger partial charge in [-0.25, -0.2) is 0 Å². The number of nitrogens with zero attached hydrogens (tertiary/aromatic N) is 1. The van der Waals surface area contributed by atoms with Crippen LogP contribution in [0.2, 0.25) is 0 Å². The number of anilines is 1. The van der Waals surface area contributed by atoms with Crippen LogP contribution in [0, 0.1) is 0 Å². The molecule has 7 nitrogen and oxygen atoms in total. The normalized spacial score (nSPS) is 15.6. The predicted octanol–water partition coefficient (Wildman–Crippen LogP) is 5.70. The van der Waals surface area contributed by atoms with Gasteiger partial charge in [-0.2, -0.15) is 0 Å². The highest BCUT2D eigenvalue weighted by Gasteiger charge is 2.36. The monoisotopic (exact) mass is 532 g/mol. The highest BCUT2D eigenvalue weighted by atomic mass is 79.9. The van der Waals surface area contributed by atoms with Crippen LogP contribution in [0.5, 0.6) is 11.5 Å². The minimum atomic E-state index is -0.506. The predicted molar refractivity (Wildman–Crippen MR) is 133 cm³/mol. The van der Waals surface area contributed by atoms with Gasteiger partial charge in [0, 0.05) is 10.2 Å². The molecule has 0 spiro atoms. The van der Waals surface area contributed by atoms with Crippen LogP contribution in [-0.4, -0.2) is 41.2 Å². The number of benzene rings is 2. The van der Waals surface area contributed by atoms with Crippen LogP contribution in [0.15, 0.2) is 51.8 Å². The Kier molecular flexibility index (Phi) is 8.57. The van der Waals surface area contributed by atoms with Gasteiger partial charge in [-0.15, -0.1) is 0 Å². The molecule has 1 atom stereocenters. The van der Waals surface area contributed by atoms with Gasteiger partial charge in [0.05, 0.1) is 17.6 Å². The van der Waals surface area contributed by atoms with E-state index in [1.54, 1.807) is 48.5 Å². The third-order valence-electron chi connectivity index (χ3n) is 4.77. The fourth-order valence-electron chi connectivity index (χ4n) is 2.95. The third kappa shape index (κ3) is 6.61. The fraction of sp³-hybridized carbons (Fsp3) is 0.292. The number of halogens is 1. The molecule has 174 valence electrons. The second kappa shape index (κ2) is 11.4. The van der Waals surface area contributed by atoms with Gasteiger partial charge in [0.15, 0.2) is 11.5 Å². The van der Waals surface area contributed by atoms with Gasteiger partial charge in [-0.3, -0.25) is 19.3 Å². The second-order valence-electron chi connectivity index (χ2n) is 7.30. The highest BCUT2D eigenvalue weighted by molar-refractivity contribution is 9.10. The van der Waals surface area contributed by atoms with Gasteiger partial charge < -0.3 is 14.8 Å². The molecule has 1 aliphatic rings. The number of thioether (sulfide) groups is 1. The largest absolute Gasteiger partial charge is 0.490 e. The quantitative estimate of drug-likeness (QED) is 0.417. The first-order valence-electron chi connectivity index (χ1n) is 10.5. The summed E-state index contributed by atoms with van der Waals surface area (Å²) < 4.78 is 12.5. The molecular formula is C24H25BrN2O5S. The van der Waals surface area contributed by atoms with E-state index in [9.17, 15) is 14.4 Å². The molecule has 0 aliphatic carbocycles. The van der Waals surface area contributed by atoms with Gasteiger partial charge in [0.25, 0.3) is 11.1 Å². The molecule has 9 heteroatoms. The van der Waals surface area contributed by atoms with Gasteiger partial charge >= 0.3 is 0 Å². The van der Waals surface area contributed by atoms with Gasteiger partial charge in [0.2, 0.25) is 5.91 Å². The maximum absolute atomic E-state index is 12.8. The van der Waals surface area contributed by atoms with Crippen molar-refractivity contribution in [2.75, 3.05) is 18.5 Å². The molecule has 0 saturated carbocycles. The Morgan fingerprint density at radius 1 is 1.15 bits per heavy atom. The molecule has 0 aromatic heterocycles. The first kappa shape index (κ1) is 24.9. The van der Waals surface area contributed by atoms with Gasteiger partial charge in [0.1, 0.15) is 6.54 Å². The Morgan fingerprint density at radius 2 is 1.88 bits per heavy atom. The van der Waals surface area contributed by atoms with E-state index in [0.29, 0.717) is 29.4 Å². The Bertz CT molecular complexity index is 1070. The first-order chi connectivity index (χ1) is 15.8. The SMILES string of the molecule is CCOc1cc(/C=C2/SC(=O)N(CC(=O)Nc3ccc(Br)cc3)C2=O)ccc1O[C@H](C)CC. The molecule has 0 unspecified atom stereocenters. The summed E-state index contributed by atoms with van der Waals surface area (Å²) >= 11 is 4.13. The zero-order chi connectivity index (χ0) is 24.0. The lowest BCUT2D eigenvalue weighted by atomic mass is 10.1. The van der Waals surface area contributed by atoms with E-state index in [1.807, 2.05) is 20.8 Å². The summed E-state index contributed by atoms with van der Waals surface area (Å²) in [6.45, 7) is 6.00. The van der Waals surface area contributed by atoms with E-state index in [0.717, 1.165) is 27.6 Å². The number of imide groups is 1. The molecule has 1 N–H and O–H groups in total. The number of rotatable bonds is 9. The van der Waals surface area contributed by atoms with Crippen molar-refractivity contribution in [1.29, 1.82) is 0 Å². The van der Waals surface area contributed by atoms with Crippen LogP contribution < -0.4 is 14.8 Å².